The molecule has 1 amide bonds. The highest BCUT2D eigenvalue weighted by Gasteiger charge is 2.12. The molecule has 0 N–H and O–H groups in total. The zero-order valence-electron chi connectivity index (χ0n) is 5.18. The van der Waals surface area contributed by atoms with Gasteiger partial charge in [0.1, 0.15) is 0 Å². The molecule has 1 heterocycles. The van der Waals surface area contributed by atoms with Crippen molar-refractivity contribution in [1.82, 2.24) is 4.90 Å². The quantitative estimate of drug-likeness (QED) is 0.397. The summed E-state index contributed by atoms with van der Waals surface area (Å²) in [6.07, 6.45) is 2.39. The number of carbonyl (C=O) groups excluding carboxylic acids is 1. The Hall–Kier alpha value is -0.465. The van der Waals surface area contributed by atoms with Crippen molar-refractivity contribution < 1.29 is 4.79 Å². The Morgan fingerprint density at radius 1 is 1.38 bits per heavy atom. The monoisotopic (exact) mass is 111 g/mol. The van der Waals surface area contributed by atoms with Gasteiger partial charge in [0.25, 0.3) is 0 Å². The van der Waals surface area contributed by atoms with E-state index in [1.165, 1.54) is 12.8 Å². The van der Waals surface area contributed by atoms with Gasteiger partial charge >= 0.3 is 0 Å². The van der Waals surface area contributed by atoms with E-state index in [1.807, 2.05) is 4.90 Å². The summed E-state index contributed by atoms with van der Waals surface area (Å²) < 4.78 is 0. The zero-order chi connectivity index (χ0) is 5.98. The third-order valence-electron chi connectivity index (χ3n) is 1.55. The maximum atomic E-state index is 10.6. The van der Waals surface area contributed by atoms with Gasteiger partial charge in [-0.25, -0.2) is 0 Å². The van der Waals surface area contributed by atoms with Gasteiger partial charge in [0.15, 0.2) is 5.81 Å². The van der Waals surface area contributed by atoms with Crippen LogP contribution >= 0.6 is 0 Å². The van der Waals surface area contributed by atoms with Gasteiger partial charge in [0.05, 0.1) is 0 Å². The number of carbonyl (C=O) groups is 1. The van der Waals surface area contributed by atoms with Gasteiger partial charge in [-0.05, 0) is 12.8 Å². The number of rotatable bonds is 0. The van der Waals surface area contributed by atoms with Crippen LogP contribution < -0.4 is 0 Å². The van der Waals surface area contributed by atoms with Gasteiger partial charge in [-0.3, -0.25) is 4.79 Å². The molecule has 0 unspecified atom stereocenters. The topological polar surface area (TPSA) is 20.3 Å². The van der Waals surface area contributed by atoms with Crippen LogP contribution in [0.15, 0.2) is 0 Å². The normalized spacial score (nSPS) is 19.2. The fourth-order valence-corrected chi connectivity index (χ4v) is 1.03. The summed E-state index contributed by atoms with van der Waals surface area (Å²) in [5.74, 6) is 0.225. The molecule has 1 aliphatic rings. The maximum Gasteiger partial charge on any atom is 0.215 e. The third-order valence-corrected chi connectivity index (χ3v) is 1.55. The standard InChI is InChI=1S/C5H10BNO/c6-5(8)7-3-1-2-4-7/h1-4,6H2. The van der Waals surface area contributed by atoms with Crippen LogP contribution in [-0.4, -0.2) is 31.6 Å². The van der Waals surface area contributed by atoms with Crippen molar-refractivity contribution in [2.75, 3.05) is 13.1 Å². The lowest BCUT2D eigenvalue weighted by Crippen LogP contribution is -2.25. The second kappa shape index (κ2) is 2.20. The molecule has 0 saturated carbocycles. The highest BCUT2D eigenvalue weighted by molar-refractivity contribution is 6.56. The van der Waals surface area contributed by atoms with E-state index in [1.54, 1.807) is 7.85 Å². The van der Waals surface area contributed by atoms with E-state index in [0.29, 0.717) is 0 Å². The lowest BCUT2D eigenvalue weighted by Gasteiger charge is -2.10. The zero-order valence-corrected chi connectivity index (χ0v) is 5.18. The summed E-state index contributed by atoms with van der Waals surface area (Å²) in [6, 6.07) is 0. The average molecular weight is 111 g/mol. The maximum absolute atomic E-state index is 10.6. The summed E-state index contributed by atoms with van der Waals surface area (Å²) in [5.41, 5.74) is 0. The molecule has 0 aromatic rings. The second-order valence-corrected chi connectivity index (χ2v) is 2.21. The number of nitrogens with zero attached hydrogens (tertiary/aromatic N) is 1. The fourth-order valence-electron chi connectivity index (χ4n) is 1.03. The first kappa shape index (κ1) is 5.67. The molecule has 8 heavy (non-hydrogen) atoms. The van der Waals surface area contributed by atoms with Gasteiger partial charge in [0, 0.05) is 13.1 Å². The first-order chi connectivity index (χ1) is 3.80. The summed E-state index contributed by atoms with van der Waals surface area (Å²) in [7, 11) is 1.63. The fraction of sp³-hybridized carbons (Fsp3) is 0.800. The largest absolute Gasteiger partial charge is 0.352 e. The first-order valence-electron chi connectivity index (χ1n) is 3.06. The van der Waals surface area contributed by atoms with Crippen molar-refractivity contribution in [3.63, 3.8) is 0 Å². The SMILES string of the molecule is BC(=O)N1CCCC1. The predicted molar refractivity (Wildman–Crippen MR) is 34.7 cm³/mol. The van der Waals surface area contributed by atoms with Crippen molar-refractivity contribution in [2.45, 2.75) is 12.8 Å². The van der Waals surface area contributed by atoms with Crippen LogP contribution in [0.25, 0.3) is 0 Å². The van der Waals surface area contributed by atoms with E-state index in [0.717, 1.165) is 13.1 Å². The predicted octanol–water partition coefficient (Wildman–Crippen LogP) is -0.165. The summed E-state index contributed by atoms with van der Waals surface area (Å²) >= 11 is 0. The van der Waals surface area contributed by atoms with Gasteiger partial charge in [-0.2, -0.15) is 0 Å². The lowest BCUT2D eigenvalue weighted by atomic mass is 10.1. The number of hydrogen-bond acceptors (Lipinski definition) is 1. The molecule has 0 aromatic heterocycles. The summed E-state index contributed by atoms with van der Waals surface area (Å²) in [4.78, 5) is 12.5. The molecular weight excluding hydrogens is 101 g/mol. The Bertz CT molecular complexity index is 98.6. The summed E-state index contributed by atoms with van der Waals surface area (Å²) in [5, 5.41) is 0. The van der Waals surface area contributed by atoms with Gasteiger partial charge < -0.3 is 4.90 Å². The van der Waals surface area contributed by atoms with Crippen molar-refractivity contribution in [3.05, 3.63) is 0 Å². The van der Waals surface area contributed by atoms with Crippen molar-refractivity contribution in [1.29, 1.82) is 0 Å². The molecule has 0 radical (unpaired) electrons. The highest BCUT2D eigenvalue weighted by Crippen LogP contribution is 2.05. The molecule has 1 rings (SSSR count). The van der Waals surface area contributed by atoms with E-state index < -0.39 is 0 Å². The first-order valence-corrected chi connectivity index (χ1v) is 3.06. The average Bonchev–Trinajstić information content (AvgIpc) is 2.12. The van der Waals surface area contributed by atoms with Crippen LogP contribution in [-0.2, 0) is 0 Å². The molecule has 0 atom stereocenters. The Morgan fingerprint density at radius 3 is 2.12 bits per heavy atom. The molecule has 1 saturated heterocycles. The Labute approximate surface area is 50.3 Å². The Balaban J connectivity index is 2.35. The Morgan fingerprint density at radius 2 is 1.88 bits per heavy atom. The van der Waals surface area contributed by atoms with Crippen LogP contribution in [0.3, 0.4) is 0 Å². The van der Waals surface area contributed by atoms with Gasteiger partial charge in [0.2, 0.25) is 7.85 Å². The smallest absolute Gasteiger partial charge is 0.215 e. The van der Waals surface area contributed by atoms with E-state index >= 15 is 0 Å². The van der Waals surface area contributed by atoms with Crippen LogP contribution in [0.4, 0.5) is 4.79 Å². The molecule has 44 valence electrons. The minimum Gasteiger partial charge on any atom is -0.352 e. The van der Waals surface area contributed by atoms with Crippen LogP contribution in [0, 0.1) is 0 Å². The van der Waals surface area contributed by atoms with E-state index in [4.69, 9.17) is 0 Å². The minimum atomic E-state index is 0.225. The summed E-state index contributed by atoms with van der Waals surface area (Å²) in [6.45, 7) is 1.96. The molecule has 0 aromatic carbocycles. The van der Waals surface area contributed by atoms with E-state index in [-0.39, 0.29) is 5.81 Å². The number of likely N-dealkylation sites (tertiary alicyclic amines) is 1. The number of hydrogen-bond donors (Lipinski definition) is 0. The molecule has 0 spiro atoms. The van der Waals surface area contributed by atoms with Gasteiger partial charge in [-0.1, -0.05) is 0 Å². The molecule has 2 nitrogen and oxygen atoms in total. The van der Waals surface area contributed by atoms with Crippen LogP contribution in [0.1, 0.15) is 12.8 Å². The number of amides is 1. The molecular formula is C5H10BNO. The van der Waals surface area contributed by atoms with Crippen molar-refractivity contribution in [2.24, 2.45) is 0 Å². The van der Waals surface area contributed by atoms with Crippen LogP contribution in [0.5, 0.6) is 0 Å². The molecule has 0 bridgehead atoms. The lowest BCUT2D eigenvalue weighted by molar-refractivity contribution is 0.232. The van der Waals surface area contributed by atoms with Crippen LogP contribution in [0.2, 0.25) is 0 Å². The molecule has 1 fully saturated rings. The molecule has 1 aliphatic heterocycles. The van der Waals surface area contributed by atoms with Crippen molar-refractivity contribution in [3.8, 4) is 0 Å². The highest BCUT2D eigenvalue weighted by atomic mass is 16.1. The second-order valence-electron chi connectivity index (χ2n) is 2.21. The molecule has 0 aliphatic carbocycles. The van der Waals surface area contributed by atoms with Gasteiger partial charge in [-0.15, -0.1) is 0 Å². The van der Waals surface area contributed by atoms with E-state index in [2.05, 4.69) is 0 Å². The van der Waals surface area contributed by atoms with Crippen molar-refractivity contribution >= 4 is 13.7 Å². The van der Waals surface area contributed by atoms with E-state index in [9.17, 15) is 4.79 Å². The molecule has 3 heteroatoms. The minimum absolute atomic E-state index is 0.225. The Kier molecular flexibility index (Phi) is 1.56. The third kappa shape index (κ3) is 1.03.